The van der Waals surface area contributed by atoms with Gasteiger partial charge in [0.1, 0.15) is 0 Å². The van der Waals surface area contributed by atoms with Crippen molar-refractivity contribution in [3.05, 3.63) is 16.6 Å². The van der Waals surface area contributed by atoms with Gasteiger partial charge in [0.15, 0.2) is 0 Å². The Morgan fingerprint density at radius 2 is 2.67 bits per heavy atom. The first-order chi connectivity index (χ1) is 4.29. The molecule has 0 saturated carbocycles. The molecular weight excluding hydrogens is 138 g/mol. The van der Waals surface area contributed by atoms with E-state index in [4.69, 9.17) is 0 Å². The molecule has 4 heteroatoms. The first-order valence-corrected chi connectivity index (χ1v) is 3.25. The molecule has 0 amide bonds. The molecule has 0 spiro atoms. The Balaban J connectivity index is 2.58. The van der Waals surface area contributed by atoms with E-state index in [2.05, 4.69) is 4.98 Å². The van der Waals surface area contributed by atoms with Gasteiger partial charge in [0.2, 0.25) is 0 Å². The van der Waals surface area contributed by atoms with Crippen molar-refractivity contribution in [1.82, 2.24) is 4.98 Å². The van der Waals surface area contributed by atoms with Crippen LogP contribution in [0.5, 0.6) is 0 Å². The number of carbonyl (C=O) groups is 1. The highest BCUT2D eigenvalue weighted by Crippen LogP contribution is 2.02. The van der Waals surface area contributed by atoms with Crippen LogP contribution in [-0.2, 0) is 11.2 Å². The molecular formula is C5H4NO2S-. The van der Waals surface area contributed by atoms with Crippen LogP contribution >= 0.6 is 11.3 Å². The zero-order valence-electron chi connectivity index (χ0n) is 4.53. The van der Waals surface area contributed by atoms with Crippen molar-refractivity contribution in [2.75, 3.05) is 0 Å². The van der Waals surface area contributed by atoms with Crippen LogP contribution in [0.2, 0.25) is 0 Å². The summed E-state index contributed by atoms with van der Waals surface area (Å²) in [4.78, 5) is 13.7. The monoisotopic (exact) mass is 142 g/mol. The predicted octanol–water partition coefficient (Wildman–Crippen LogP) is -0.565. The fourth-order valence-corrected chi connectivity index (χ4v) is 1.07. The molecule has 1 aromatic rings. The van der Waals surface area contributed by atoms with Crippen molar-refractivity contribution >= 4 is 17.3 Å². The Morgan fingerprint density at radius 1 is 1.89 bits per heavy atom. The second-order valence-corrected chi connectivity index (χ2v) is 2.45. The van der Waals surface area contributed by atoms with Crippen LogP contribution in [0.25, 0.3) is 0 Å². The molecule has 0 saturated heterocycles. The summed E-state index contributed by atoms with van der Waals surface area (Å²) < 4.78 is 0. The van der Waals surface area contributed by atoms with Crippen LogP contribution in [0.1, 0.15) is 5.01 Å². The van der Waals surface area contributed by atoms with Gasteiger partial charge < -0.3 is 9.90 Å². The zero-order valence-corrected chi connectivity index (χ0v) is 5.35. The predicted molar refractivity (Wildman–Crippen MR) is 30.8 cm³/mol. The lowest BCUT2D eigenvalue weighted by atomic mass is 10.5. The van der Waals surface area contributed by atoms with Gasteiger partial charge in [0.25, 0.3) is 0 Å². The number of carboxylic acids is 1. The van der Waals surface area contributed by atoms with Gasteiger partial charge in [-0.15, -0.1) is 11.3 Å². The van der Waals surface area contributed by atoms with Gasteiger partial charge in [-0.05, 0) is 0 Å². The van der Waals surface area contributed by atoms with Gasteiger partial charge >= 0.3 is 0 Å². The molecule has 0 fully saturated rings. The molecule has 0 radical (unpaired) electrons. The van der Waals surface area contributed by atoms with Crippen molar-refractivity contribution < 1.29 is 9.90 Å². The highest BCUT2D eigenvalue weighted by Gasteiger charge is 1.92. The van der Waals surface area contributed by atoms with Crippen molar-refractivity contribution in [2.45, 2.75) is 6.42 Å². The van der Waals surface area contributed by atoms with Crippen LogP contribution in [0.15, 0.2) is 11.6 Å². The van der Waals surface area contributed by atoms with Crippen molar-refractivity contribution in [3.8, 4) is 0 Å². The van der Waals surface area contributed by atoms with Gasteiger partial charge in [-0.2, -0.15) is 0 Å². The normalized spacial score (nSPS) is 9.33. The fourth-order valence-electron chi connectivity index (χ4n) is 0.464. The maximum Gasteiger partial charge on any atom is 0.0981 e. The van der Waals surface area contributed by atoms with E-state index >= 15 is 0 Å². The van der Waals surface area contributed by atoms with Crippen LogP contribution in [0, 0.1) is 0 Å². The summed E-state index contributed by atoms with van der Waals surface area (Å²) >= 11 is 1.32. The number of hydrogen-bond donors (Lipinski definition) is 0. The molecule has 48 valence electrons. The molecule has 1 heterocycles. The van der Waals surface area contributed by atoms with Crippen LogP contribution in [-0.4, -0.2) is 11.0 Å². The van der Waals surface area contributed by atoms with Crippen LogP contribution < -0.4 is 5.11 Å². The summed E-state index contributed by atoms with van der Waals surface area (Å²) in [5.74, 6) is -1.08. The molecule has 0 aliphatic rings. The molecule has 1 rings (SSSR count). The van der Waals surface area contributed by atoms with E-state index in [9.17, 15) is 9.90 Å². The Bertz CT molecular complexity index is 195. The number of aromatic nitrogens is 1. The minimum absolute atomic E-state index is 0.0718. The third kappa shape index (κ3) is 1.81. The summed E-state index contributed by atoms with van der Waals surface area (Å²) in [7, 11) is 0. The number of carbonyl (C=O) groups excluding carboxylic acids is 1. The number of carboxylic acid groups (broad SMARTS) is 1. The lowest BCUT2D eigenvalue weighted by Gasteiger charge is -1.94. The number of thiazole rings is 1. The Kier molecular flexibility index (Phi) is 1.79. The Labute approximate surface area is 56.0 Å². The first-order valence-electron chi connectivity index (χ1n) is 2.37. The number of nitrogens with zero attached hydrogens (tertiary/aromatic N) is 1. The minimum atomic E-state index is -1.08. The van der Waals surface area contributed by atoms with E-state index in [1.165, 1.54) is 11.3 Å². The largest absolute Gasteiger partial charge is 0.550 e. The molecule has 0 unspecified atom stereocenters. The third-order valence-electron chi connectivity index (χ3n) is 0.779. The topological polar surface area (TPSA) is 53.0 Å². The van der Waals surface area contributed by atoms with Gasteiger partial charge in [-0.3, -0.25) is 0 Å². The second kappa shape index (κ2) is 2.59. The number of rotatable bonds is 2. The molecule has 1 aromatic heterocycles. The molecule has 3 nitrogen and oxygen atoms in total. The molecule has 0 aromatic carbocycles. The smallest absolute Gasteiger partial charge is 0.0981 e. The van der Waals surface area contributed by atoms with E-state index in [0.29, 0.717) is 5.01 Å². The van der Waals surface area contributed by atoms with Crippen molar-refractivity contribution in [2.24, 2.45) is 0 Å². The Morgan fingerprint density at radius 3 is 3.11 bits per heavy atom. The van der Waals surface area contributed by atoms with Crippen LogP contribution in [0.4, 0.5) is 0 Å². The minimum Gasteiger partial charge on any atom is -0.550 e. The summed E-state index contributed by atoms with van der Waals surface area (Å²) in [5, 5.41) is 12.2. The second-order valence-electron chi connectivity index (χ2n) is 1.47. The molecule has 0 N–H and O–H groups in total. The maximum atomic E-state index is 9.92. The lowest BCUT2D eigenvalue weighted by molar-refractivity contribution is -0.304. The fraction of sp³-hybridized carbons (Fsp3) is 0.200. The van der Waals surface area contributed by atoms with Gasteiger partial charge in [0.05, 0.1) is 5.01 Å². The Hall–Kier alpha value is -0.900. The summed E-state index contributed by atoms with van der Waals surface area (Å²) in [5.41, 5.74) is 0. The molecule has 9 heavy (non-hydrogen) atoms. The number of hydrogen-bond acceptors (Lipinski definition) is 4. The van der Waals surface area contributed by atoms with E-state index < -0.39 is 5.97 Å². The van der Waals surface area contributed by atoms with Crippen molar-refractivity contribution in [3.63, 3.8) is 0 Å². The number of aliphatic carboxylic acids is 1. The molecule has 0 aliphatic carbocycles. The van der Waals surface area contributed by atoms with Crippen molar-refractivity contribution in [1.29, 1.82) is 0 Å². The van der Waals surface area contributed by atoms with Gasteiger partial charge in [0, 0.05) is 24.0 Å². The maximum absolute atomic E-state index is 9.92. The van der Waals surface area contributed by atoms with E-state index in [1.807, 2.05) is 0 Å². The van der Waals surface area contributed by atoms with E-state index in [0.717, 1.165) is 0 Å². The summed E-state index contributed by atoms with van der Waals surface area (Å²) in [6.45, 7) is 0. The third-order valence-corrected chi connectivity index (χ3v) is 1.56. The van der Waals surface area contributed by atoms with E-state index in [-0.39, 0.29) is 6.42 Å². The molecule has 0 atom stereocenters. The highest BCUT2D eigenvalue weighted by atomic mass is 32.1. The van der Waals surface area contributed by atoms with Gasteiger partial charge in [-0.1, -0.05) is 0 Å². The average molecular weight is 142 g/mol. The lowest BCUT2D eigenvalue weighted by Crippen LogP contribution is -2.24. The highest BCUT2D eigenvalue weighted by molar-refractivity contribution is 7.09. The summed E-state index contributed by atoms with van der Waals surface area (Å²) in [6.07, 6.45) is 1.50. The quantitative estimate of drug-likeness (QED) is 0.556. The zero-order chi connectivity index (χ0) is 6.69. The molecule has 0 aliphatic heterocycles. The summed E-state index contributed by atoms with van der Waals surface area (Å²) in [6, 6.07) is 0. The van der Waals surface area contributed by atoms with Gasteiger partial charge in [-0.25, -0.2) is 4.98 Å². The van der Waals surface area contributed by atoms with Crippen LogP contribution in [0.3, 0.4) is 0 Å². The SMILES string of the molecule is O=C([O-])Cc1nccs1. The average Bonchev–Trinajstić information content (AvgIpc) is 2.15. The molecule has 0 bridgehead atoms. The standard InChI is InChI=1S/C5H5NO2S/c7-5(8)3-4-6-1-2-9-4/h1-2H,3H2,(H,7,8)/p-1. The van der Waals surface area contributed by atoms with E-state index in [1.54, 1.807) is 11.6 Å². The first kappa shape index (κ1) is 6.22.